The first kappa shape index (κ1) is 17.6. The van der Waals surface area contributed by atoms with Crippen molar-refractivity contribution in [3.05, 3.63) is 70.9 Å². The monoisotopic (exact) mass is 358 g/mol. The normalized spacial score (nSPS) is 10.6. The predicted octanol–water partition coefficient (Wildman–Crippen LogP) is 3.87. The van der Waals surface area contributed by atoms with Gasteiger partial charge in [-0.1, -0.05) is 29.4 Å². The Bertz CT molecular complexity index is 954. The van der Waals surface area contributed by atoms with Crippen LogP contribution in [0.2, 0.25) is 0 Å². The SMILES string of the molecule is COc1ccccc1-c1onc(C)c1C(=O)NCc1cccc(F)c1F. The Hall–Kier alpha value is -3.22. The number of rotatable bonds is 5. The first-order valence-corrected chi connectivity index (χ1v) is 7.83. The number of para-hydroxylation sites is 1. The maximum atomic E-state index is 13.7. The smallest absolute Gasteiger partial charge is 0.257 e. The van der Waals surface area contributed by atoms with Gasteiger partial charge < -0.3 is 14.6 Å². The van der Waals surface area contributed by atoms with E-state index in [1.807, 2.05) is 0 Å². The first-order valence-electron chi connectivity index (χ1n) is 7.83. The number of methoxy groups -OCH3 is 1. The number of carbonyl (C=O) groups is 1. The second-order valence-corrected chi connectivity index (χ2v) is 5.57. The summed E-state index contributed by atoms with van der Waals surface area (Å²) in [5, 5.41) is 6.42. The third-order valence-electron chi connectivity index (χ3n) is 3.91. The van der Waals surface area contributed by atoms with Gasteiger partial charge in [0.25, 0.3) is 5.91 Å². The number of carbonyl (C=O) groups excluding carboxylic acids is 1. The van der Waals surface area contributed by atoms with Crippen molar-refractivity contribution in [3.63, 3.8) is 0 Å². The van der Waals surface area contributed by atoms with E-state index in [0.717, 1.165) is 6.07 Å². The zero-order chi connectivity index (χ0) is 18.7. The van der Waals surface area contributed by atoms with Crippen LogP contribution in [0.15, 0.2) is 47.0 Å². The number of aryl methyl sites for hydroxylation is 1. The highest BCUT2D eigenvalue weighted by Gasteiger charge is 2.24. The van der Waals surface area contributed by atoms with E-state index in [0.29, 0.717) is 17.0 Å². The van der Waals surface area contributed by atoms with Crippen molar-refractivity contribution < 1.29 is 22.8 Å². The van der Waals surface area contributed by atoms with E-state index in [1.54, 1.807) is 31.2 Å². The third kappa shape index (κ3) is 3.28. The summed E-state index contributed by atoms with van der Waals surface area (Å²) in [6.07, 6.45) is 0. The molecule has 0 aliphatic rings. The summed E-state index contributed by atoms with van der Waals surface area (Å²) in [6, 6.07) is 10.8. The molecule has 7 heteroatoms. The summed E-state index contributed by atoms with van der Waals surface area (Å²) in [5.74, 6) is -1.69. The van der Waals surface area contributed by atoms with Crippen LogP contribution in [0.5, 0.6) is 5.75 Å². The van der Waals surface area contributed by atoms with Crippen LogP contribution in [0, 0.1) is 18.6 Å². The van der Waals surface area contributed by atoms with E-state index in [1.165, 1.54) is 19.2 Å². The van der Waals surface area contributed by atoms with Crippen molar-refractivity contribution in [3.8, 4) is 17.1 Å². The molecule has 1 heterocycles. The summed E-state index contributed by atoms with van der Waals surface area (Å²) < 4.78 is 37.6. The average molecular weight is 358 g/mol. The number of amides is 1. The van der Waals surface area contributed by atoms with E-state index in [9.17, 15) is 13.6 Å². The van der Waals surface area contributed by atoms with Gasteiger partial charge in [0.05, 0.1) is 18.4 Å². The van der Waals surface area contributed by atoms with Gasteiger partial charge >= 0.3 is 0 Å². The second kappa shape index (κ2) is 7.35. The number of benzene rings is 2. The number of aromatic nitrogens is 1. The Morgan fingerprint density at radius 2 is 1.96 bits per heavy atom. The molecule has 0 aliphatic carbocycles. The molecule has 0 fully saturated rings. The van der Waals surface area contributed by atoms with Crippen molar-refractivity contribution in [1.82, 2.24) is 10.5 Å². The summed E-state index contributed by atoms with van der Waals surface area (Å²) in [4.78, 5) is 12.6. The second-order valence-electron chi connectivity index (χ2n) is 5.57. The molecule has 0 aliphatic heterocycles. The molecule has 0 spiro atoms. The summed E-state index contributed by atoms with van der Waals surface area (Å²) in [5.41, 5.74) is 1.21. The molecule has 2 aromatic carbocycles. The molecule has 0 saturated heterocycles. The molecule has 3 rings (SSSR count). The van der Waals surface area contributed by atoms with Gasteiger partial charge in [0.1, 0.15) is 11.3 Å². The van der Waals surface area contributed by atoms with Crippen molar-refractivity contribution in [2.45, 2.75) is 13.5 Å². The Morgan fingerprint density at radius 3 is 2.73 bits per heavy atom. The van der Waals surface area contributed by atoms with E-state index in [4.69, 9.17) is 9.26 Å². The molecule has 26 heavy (non-hydrogen) atoms. The largest absolute Gasteiger partial charge is 0.496 e. The quantitative estimate of drug-likeness (QED) is 0.752. The van der Waals surface area contributed by atoms with E-state index < -0.39 is 17.5 Å². The number of nitrogens with one attached hydrogen (secondary N) is 1. The number of nitrogens with zero attached hydrogens (tertiary/aromatic N) is 1. The van der Waals surface area contributed by atoms with Gasteiger partial charge in [-0.25, -0.2) is 8.78 Å². The molecule has 0 saturated carbocycles. The van der Waals surface area contributed by atoms with Crippen LogP contribution in [0.3, 0.4) is 0 Å². The van der Waals surface area contributed by atoms with Gasteiger partial charge in [-0.15, -0.1) is 0 Å². The zero-order valence-corrected chi connectivity index (χ0v) is 14.2. The zero-order valence-electron chi connectivity index (χ0n) is 14.2. The van der Waals surface area contributed by atoms with Gasteiger partial charge in [0.2, 0.25) is 0 Å². The van der Waals surface area contributed by atoms with Crippen LogP contribution in [-0.2, 0) is 6.54 Å². The molecule has 1 N–H and O–H groups in total. The molecule has 0 atom stereocenters. The molecule has 0 bridgehead atoms. The third-order valence-corrected chi connectivity index (χ3v) is 3.91. The van der Waals surface area contributed by atoms with Crippen molar-refractivity contribution in [2.75, 3.05) is 7.11 Å². The van der Waals surface area contributed by atoms with Gasteiger partial charge in [-0.3, -0.25) is 4.79 Å². The fourth-order valence-electron chi connectivity index (χ4n) is 2.60. The van der Waals surface area contributed by atoms with Crippen molar-refractivity contribution in [2.24, 2.45) is 0 Å². The fourth-order valence-corrected chi connectivity index (χ4v) is 2.60. The van der Waals surface area contributed by atoms with Crippen molar-refractivity contribution in [1.29, 1.82) is 0 Å². The van der Waals surface area contributed by atoms with Crippen molar-refractivity contribution >= 4 is 5.91 Å². The molecule has 3 aromatic rings. The lowest BCUT2D eigenvalue weighted by Gasteiger charge is -2.09. The highest BCUT2D eigenvalue weighted by atomic mass is 19.2. The van der Waals surface area contributed by atoms with Gasteiger partial charge in [0, 0.05) is 12.1 Å². The van der Waals surface area contributed by atoms with E-state index >= 15 is 0 Å². The lowest BCUT2D eigenvalue weighted by Crippen LogP contribution is -2.24. The number of halogens is 2. The van der Waals surface area contributed by atoms with Gasteiger partial charge in [-0.05, 0) is 25.1 Å². The van der Waals surface area contributed by atoms with Crippen LogP contribution < -0.4 is 10.1 Å². The Labute approximate surface area is 148 Å². The van der Waals surface area contributed by atoms with E-state index in [2.05, 4.69) is 10.5 Å². The minimum atomic E-state index is -0.986. The first-order chi connectivity index (χ1) is 12.5. The lowest BCUT2D eigenvalue weighted by molar-refractivity contribution is 0.0950. The number of ether oxygens (including phenoxy) is 1. The molecular weight excluding hydrogens is 342 g/mol. The van der Waals surface area contributed by atoms with Crippen LogP contribution >= 0.6 is 0 Å². The molecule has 5 nitrogen and oxygen atoms in total. The molecule has 1 aromatic heterocycles. The maximum absolute atomic E-state index is 13.7. The lowest BCUT2D eigenvalue weighted by atomic mass is 10.1. The van der Waals surface area contributed by atoms with Crippen LogP contribution in [0.25, 0.3) is 11.3 Å². The summed E-state index contributed by atoms with van der Waals surface area (Å²) in [7, 11) is 1.51. The minimum absolute atomic E-state index is 0.0475. The van der Waals surface area contributed by atoms with Crippen LogP contribution in [0.1, 0.15) is 21.6 Å². The molecule has 1 amide bonds. The Balaban J connectivity index is 1.89. The molecular formula is C19H16F2N2O3. The van der Waals surface area contributed by atoms with Crippen LogP contribution in [0.4, 0.5) is 8.78 Å². The number of hydrogen-bond donors (Lipinski definition) is 1. The topological polar surface area (TPSA) is 64.4 Å². The predicted molar refractivity (Wildman–Crippen MR) is 90.8 cm³/mol. The Morgan fingerprint density at radius 1 is 1.19 bits per heavy atom. The molecule has 134 valence electrons. The highest BCUT2D eigenvalue weighted by molar-refractivity contribution is 6.01. The standard InChI is InChI=1S/C19H16F2N2O3/c1-11-16(18(26-23-11)13-7-3-4-9-15(13)25-2)19(24)22-10-12-6-5-8-14(20)17(12)21/h3-9H,10H2,1-2H3,(H,22,24). The number of hydrogen-bond acceptors (Lipinski definition) is 4. The Kier molecular flexibility index (Phi) is 4.97. The van der Waals surface area contributed by atoms with Gasteiger partial charge in [-0.2, -0.15) is 0 Å². The van der Waals surface area contributed by atoms with E-state index in [-0.39, 0.29) is 23.4 Å². The summed E-state index contributed by atoms with van der Waals surface area (Å²) in [6.45, 7) is 1.46. The maximum Gasteiger partial charge on any atom is 0.257 e. The average Bonchev–Trinajstić information content (AvgIpc) is 3.04. The summed E-state index contributed by atoms with van der Waals surface area (Å²) >= 11 is 0. The minimum Gasteiger partial charge on any atom is -0.496 e. The molecule has 0 radical (unpaired) electrons. The fraction of sp³-hybridized carbons (Fsp3) is 0.158. The highest BCUT2D eigenvalue weighted by Crippen LogP contribution is 2.33. The van der Waals surface area contributed by atoms with Gasteiger partial charge in [0.15, 0.2) is 17.4 Å². The molecule has 0 unspecified atom stereocenters. The van der Waals surface area contributed by atoms with Crippen LogP contribution in [-0.4, -0.2) is 18.2 Å².